The molecule has 1 N–H and O–H groups in total. The molecular weight excluding hydrogens is 298 g/mol. The van der Waals surface area contributed by atoms with E-state index < -0.39 is 0 Å². The minimum absolute atomic E-state index is 0.0371. The molecule has 1 aromatic heterocycles. The summed E-state index contributed by atoms with van der Waals surface area (Å²) in [6.07, 6.45) is 6.10. The SMILES string of the molecule is C[C@@H]1CCCN(Cc2ccc(C(=O)NCc3ccncc3)cc2)C1. The van der Waals surface area contributed by atoms with Gasteiger partial charge in [-0.2, -0.15) is 0 Å². The standard InChI is InChI=1S/C20H25N3O/c1-16-3-2-12-23(14-16)15-18-4-6-19(7-5-18)20(24)22-13-17-8-10-21-11-9-17/h4-11,16H,2-3,12-15H2,1H3,(H,22,24)/t16-/m1/s1. The van der Waals surface area contributed by atoms with Crippen molar-refractivity contribution in [3.63, 3.8) is 0 Å². The summed E-state index contributed by atoms with van der Waals surface area (Å²) in [6.45, 7) is 6.17. The monoisotopic (exact) mass is 323 g/mol. The molecule has 0 unspecified atom stereocenters. The predicted octanol–water partition coefficient (Wildman–Crippen LogP) is 3.24. The van der Waals surface area contributed by atoms with Crippen molar-refractivity contribution in [3.8, 4) is 0 Å². The lowest BCUT2D eigenvalue weighted by atomic mass is 9.99. The Morgan fingerprint density at radius 1 is 1.17 bits per heavy atom. The van der Waals surface area contributed by atoms with Crippen LogP contribution in [0.15, 0.2) is 48.8 Å². The average Bonchev–Trinajstić information content (AvgIpc) is 2.61. The lowest BCUT2D eigenvalue weighted by Crippen LogP contribution is -2.33. The Morgan fingerprint density at radius 3 is 2.62 bits per heavy atom. The lowest BCUT2D eigenvalue weighted by Gasteiger charge is -2.30. The fourth-order valence-electron chi connectivity index (χ4n) is 3.24. The molecule has 3 rings (SSSR count). The smallest absolute Gasteiger partial charge is 0.251 e. The summed E-state index contributed by atoms with van der Waals surface area (Å²) in [7, 11) is 0. The van der Waals surface area contributed by atoms with Crippen LogP contribution >= 0.6 is 0 Å². The number of aromatic nitrogens is 1. The third-order valence-corrected chi connectivity index (χ3v) is 4.57. The van der Waals surface area contributed by atoms with Crippen molar-refractivity contribution < 1.29 is 4.79 Å². The highest BCUT2D eigenvalue weighted by Gasteiger charge is 2.16. The zero-order chi connectivity index (χ0) is 16.8. The van der Waals surface area contributed by atoms with Crippen LogP contribution < -0.4 is 5.32 Å². The van der Waals surface area contributed by atoms with E-state index in [1.807, 2.05) is 24.3 Å². The summed E-state index contributed by atoms with van der Waals surface area (Å²) in [5.41, 5.74) is 3.03. The van der Waals surface area contributed by atoms with Crippen LogP contribution in [-0.4, -0.2) is 28.9 Å². The highest BCUT2D eigenvalue weighted by molar-refractivity contribution is 5.94. The van der Waals surface area contributed by atoms with E-state index in [-0.39, 0.29) is 5.91 Å². The highest BCUT2D eigenvalue weighted by atomic mass is 16.1. The summed E-state index contributed by atoms with van der Waals surface area (Å²) in [5, 5.41) is 2.94. The van der Waals surface area contributed by atoms with E-state index in [0.29, 0.717) is 12.1 Å². The molecule has 2 aromatic rings. The summed E-state index contributed by atoms with van der Waals surface area (Å²) >= 11 is 0. The number of hydrogen-bond donors (Lipinski definition) is 1. The minimum Gasteiger partial charge on any atom is -0.348 e. The average molecular weight is 323 g/mol. The molecule has 1 aromatic carbocycles. The Kier molecular flexibility index (Phi) is 5.59. The highest BCUT2D eigenvalue weighted by Crippen LogP contribution is 2.18. The van der Waals surface area contributed by atoms with Gasteiger partial charge in [0.2, 0.25) is 0 Å². The molecule has 0 radical (unpaired) electrons. The van der Waals surface area contributed by atoms with Gasteiger partial charge < -0.3 is 5.32 Å². The maximum Gasteiger partial charge on any atom is 0.251 e. The van der Waals surface area contributed by atoms with Gasteiger partial charge >= 0.3 is 0 Å². The van der Waals surface area contributed by atoms with Crippen molar-refractivity contribution in [2.75, 3.05) is 13.1 Å². The van der Waals surface area contributed by atoms with E-state index >= 15 is 0 Å². The Hall–Kier alpha value is -2.20. The van der Waals surface area contributed by atoms with E-state index in [1.54, 1.807) is 12.4 Å². The number of carbonyl (C=O) groups is 1. The molecule has 0 aliphatic carbocycles. The summed E-state index contributed by atoms with van der Waals surface area (Å²) in [6, 6.07) is 11.8. The first-order valence-electron chi connectivity index (χ1n) is 8.69. The molecule has 2 heterocycles. The van der Waals surface area contributed by atoms with E-state index in [0.717, 1.165) is 18.0 Å². The number of nitrogens with one attached hydrogen (secondary N) is 1. The first kappa shape index (κ1) is 16.7. The molecule has 4 heteroatoms. The fourth-order valence-corrected chi connectivity index (χ4v) is 3.24. The molecule has 24 heavy (non-hydrogen) atoms. The molecule has 1 aliphatic rings. The molecule has 1 amide bonds. The molecular formula is C20H25N3O. The van der Waals surface area contributed by atoms with Crippen molar-refractivity contribution in [3.05, 3.63) is 65.5 Å². The lowest BCUT2D eigenvalue weighted by molar-refractivity contribution is 0.0951. The molecule has 1 atom stereocenters. The van der Waals surface area contributed by atoms with E-state index in [2.05, 4.69) is 34.3 Å². The van der Waals surface area contributed by atoms with Crippen LogP contribution in [0.25, 0.3) is 0 Å². The van der Waals surface area contributed by atoms with Gasteiger partial charge in [0.1, 0.15) is 0 Å². The zero-order valence-corrected chi connectivity index (χ0v) is 14.2. The van der Waals surface area contributed by atoms with Crippen LogP contribution in [0.2, 0.25) is 0 Å². The second kappa shape index (κ2) is 8.06. The van der Waals surface area contributed by atoms with Gasteiger partial charge in [-0.05, 0) is 60.7 Å². The summed E-state index contributed by atoms with van der Waals surface area (Å²) in [4.78, 5) is 18.7. The van der Waals surface area contributed by atoms with Gasteiger partial charge in [0, 0.05) is 37.6 Å². The van der Waals surface area contributed by atoms with Crippen molar-refractivity contribution in [2.24, 2.45) is 5.92 Å². The van der Waals surface area contributed by atoms with E-state index in [4.69, 9.17) is 0 Å². The van der Waals surface area contributed by atoms with E-state index in [1.165, 1.54) is 31.5 Å². The second-order valence-corrected chi connectivity index (χ2v) is 6.72. The quantitative estimate of drug-likeness (QED) is 0.919. The number of likely N-dealkylation sites (tertiary alicyclic amines) is 1. The maximum atomic E-state index is 12.2. The topological polar surface area (TPSA) is 45.2 Å². The summed E-state index contributed by atoms with van der Waals surface area (Å²) in [5.74, 6) is 0.752. The molecule has 0 saturated carbocycles. The molecule has 0 bridgehead atoms. The number of piperidine rings is 1. The first-order chi connectivity index (χ1) is 11.7. The first-order valence-corrected chi connectivity index (χ1v) is 8.69. The van der Waals surface area contributed by atoms with Crippen LogP contribution in [0.3, 0.4) is 0 Å². The maximum absolute atomic E-state index is 12.2. The van der Waals surface area contributed by atoms with Crippen LogP contribution in [0.1, 0.15) is 41.3 Å². The van der Waals surface area contributed by atoms with Crippen molar-refractivity contribution >= 4 is 5.91 Å². The Morgan fingerprint density at radius 2 is 1.92 bits per heavy atom. The predicted molar refractivity (Wildman–Crippen MR) is 95.5 cm³/mol. The Balaban J connectivity index is 1.52. The fraction of sp³-hybridized carbons (Fsp3) is 0.400. The molecule has 1 aliphatic heterocycles. The van der Waals surface area contributed by atoms with E-state index in [9.17, 15) is 4.79 Å². The van der Waals surface area contributed by atoms with Gasteiger partial charge in [-0.1, -0.05) is 19.1 Å². The van der Waals surface area contributed by atoms with Crippen molar-refractivity contribution in [2.45, 2.75) is 32.9 Å². The molecule has 4 nitrogen and oxygen atoms in total. The normalized spacial score (nSPS) is 18.3. The van der Waals surface area contributed by atoms with Crippen LogP contribution in [-0.2, 0) is 13.1 Å². The number of rotatable bonds is 5. The van der Waals surface area contributed by atoms with Gasteiger partial charge in [0.15, 0.2) is 0 Å². The molecule has 1 fully saturated rings. The third kappa shape index (κ3) is 4.65. The largest absolute Gasteiger partial charge is 0.348 e. The second-order valence-electron chi connectivity index (χ2n) is 6.72. The van der Waals surface area contributed by atoms with Crippen molar-refractivity contribution in [1.82, 2.24) is 15.2 Å². The zero-order valence-electron chi connectivity index (χ0n) is 14.2. The van der Waals surface area contributed by atoms with Crippen molar-refractivity contribution in [1.29, 1.82) is 0 Å². The van der Waals surface area contributed by atoms with Crippen LogP contribution in [0, 0.1) is 5.92 Å². The Labute approximate surface area is 143 Å². The number of benzene rings is 1. The van der Waals surface area contributed by atoms with Crippen LogP contribution in [0.5, 0.6) is 0 Å². The van der Waals surface area contributed by atoms with Gasteiger partial charge in [-0.15, -0.1) is 0 Å². The number of amides is 1. The third-order valence-electron chi connectivity index (χ3n) is 4.57. The van der Waals surface area contributed by atoms with Gasteiger partial charge in [0.05, 0.1) is 0 Å². The number of hydrogen-bond acceptors (Lipinski definition) is 3. The number of pyridine rings is 1. The summed E-state index contributed by atoms with van der Waals surface area (Å²) < 4.78 is 0. The molecule has 0 spiro atoms. The van der Waals surface area contributed by atoms with Crippen LogP contribution in [0.4, 0.5) is 0 Å². The number of carbonyl (C=O) groups excluding carboxylic acids is 1. The van der Waals surface area contributed by atoms with Gasteiger partial charge in [-0.25, -0.2) is 0 Å². The van der Waals surface area contributed by atoms with Gasteiger partial charge in [0.25, 0.3) is 5.91 Å². The molecule has 1 saturated heterocycles. The number of nitrogens with zero attached hydrogens (tertiary/aromatic N) is 2. The Bertz CT molecular complexity index is 654. The van der Waals surface area contributed by atoms with Gasteiger partial charge in [-0.3, -0.25) is 14.7 Å². The molecule has 126 valence electrons. The minimum atomic E-state index is -0.0371.